The maximum absolute atomic E-state index is 5.85. The highest BCUT2D eigenvalue weighted by atomic mass is 32.1. The standard InChI is InChI=1S/C17H23N3O2S/c1-3-22-16-10-15(21-2)11-19-17(16)20(14-6-9-23-12-14)13-4-7-18-8-5-13/h6,9-13,18H,3-5,7-8H2,1-2H3. The van der Waals surface area contributed by atoms with Crippen LogP contribution in [0, 0.1) is 0 Å². The van der Waals surface area contributed by atoms with Crippen molar-refractivity contribution >= 4 is 22.8 Å². The average Bonchev–Trinajstić information content (AvgIpc) is 3.12. The molecule has 6 heteroatoms. The van der Waals surface area contributed by atoms with E-state index in [-0.39, 0.29) is 0 Å². The molecule has 0 amide bonds. The van der Waals surface area contributed by atoms with Gasteiger partial charge in [0.1, 0.15) is 5.75 Å². The number of methoxy groups -OCH3 is 1. The molecule has 0 spiro atoms. The Morgan fingerprint density at radius 2 is 2.22 bits per heavy atom. The summed E-state index contributed by atoms with van der Waals surface area (Å²) in [4.78, 5) is 6.98. The van der Waals surface area contributed by atoms with Crippen molar-refractivity contribution in [2.45, 2.75) is 25.8 Å². The number of nitrogens with zero attached hydrogens (tertiary/aromatic N) is 2. The Labute approximate surface area is 141 Å². The van der Waals surface area contributed by atoms with Gasteiger partial charge in [0.15, 0.2) is 11.6 Å². The first kappa shape index (κ1) is 16.1. The fourth-order valence-electron chi connectivity index (χ4n) is 2.94. The fraction of sp³-hybridized carbons (Fsp3) is 0.471. The number of hydrogen-bond donors (Lipinski definition) is 1. The van der Waals surface area contributed by atoms with Crippen molar-refractivity contribution in [3.05, 3.63) is 29.1 Å². The third kappa shape index (κ3) is 3.59. The summed E-state index contributed by atoms with van der Waals surface area (Å²) in [5, 5.41) is 7.70. The lowest BCUT2D eigenvalue weighted by molar-refractivity contribution is 0.333. The molecule has 1 aliphatic heterocycles. The molecule has 0 unspecified atom stereocenters. The molecule has 3 rings (SSSR count). The Hall–Kier alpha value is -1.79. The minimum atomic E-state index is 0.422. The van der Waals surface area contributed by atoms with Crippen LogP contribution in [0.2, 0.25) is 0 Å². The first-order valence-electron chi connectivity index (χ1n) is 8.02. The third-order valence-electron chi connectivity index (χ3n) is 4.03. The molecule has 1 N–H and O–H groups in total. The van der Waals surface area contributed by atoms with Crippen molar-refractivity contribution in [2.75, 3.05) is 31.7 Å². The van der Waals surface area contributed by atoms with Crippen molar-refractivity contribution in [1.82, 2.24) is 10.3 Å². The Morgan fingerprint density at radius 3 is 2.87 bits per heavy atom. The van der Waals surface area contributed by atoms with Gasteiger partial charge in [-0.3, -0.25) is 0 Å². The summed E-state index contributed by atoms with van der Waals surface area (Å²) in [5.41, 5.74) is 1.18. The summed E-state index contributed by atoms with van der Waals surface area (Å²) in [7, 11) is 1.65. The molecule has 3 heterocycles. The average molecular weight is 333 g/mol. The smallest absolute Gasteiger partial charge is 0.176 e. The third-order valence-corrected chi connectivity index (χ3v) is 4.70. The topological polar surface area (TPSA) is 46.6 Å². The van der Waals surface area contributed by atoms with Crippen LogP contribution in [0.4, 0.5) is 11.5 Å². The van der Waals surface area contributed by atoms with Crippen molar-refractivity contribution in [2.24, 2.45) is 0 Å². The largest absolute Gasteiger partial charge is 0.495 e. The lowest BCUT2D eigenvalue weighted by atomic mass is 10.0. The highest BCUT2D eigenvalue weighted by Gasteiger charge is 2.27. The van der Waals surface area contributed by atoms with Crippen LogP contribution in [0.15, 0.2) is 29.1 Å². The van der Waals surface area contributed by atoms with Gasteiger partial charge in [0, 0.05) is 17.5 Å². The number of thiophene rings is 1. The molecule has 1 fully saturated rings. The van der Waals surface area contributed by atoms with Gasteiger partial charge in [0.2, 0.25) is 0 Å². The number of piperidine rings is 1. The molecule has 1 aliphatic rings. The Balaban J connectivity index is 2.01. The van der Waals surface area contributed by atoms with Gasteiger partial charge in [-0.25, -0.2) is 4.98 Å². The number of aromatic nitrogens is 1. The summed E-state index contributed by atoms with van der Waals surface area (Å²) in [5.74, 6) is 2.36. The van der Waals surface area contributed by atoms with Gasteiger partial charge in [-0.15, -0.1) is 0 Å². The normalized spacial score (nSPS) is 15.4. The van der Waals surface area contributed by atoms with Crippen LogP contribution in [0.25, 0.3) is 0 Å². The van der Waals surface area contributed by atoms with E-state index in [4.69, 9.17) is 9.47 Å². The van der Waals surface area contributed by atoms with E-state index >= 15 is 0 Å². The summed E-state index contributed by atoms with van der Waals surface area (Å²) in [6, 6.07) is 4.49. The summed E-state index contributed by atoms with van der Waals surface area (Å²) < 4.78 is 11.2. The Kier molecular flexibility index (Phi) is 5.35. The predicted molar refractivity (Wildman–Crippen MR) is 94.3 cm³/mol. The number of rotatable bonds is 6. The summed E-state index contributed by atoms with van der Waals surface area (Å²) in [6.45, 7) is 4.66. The van der Waals surface area contributed by atoms with E-state index in [1.54, 1.807) is 24.6 Å². The predicted octanol–water partition coefficient (Wildman–Crippen LogP) is 3.44. The molecular weight excluding hydrogens is 310 g/mol. The molecule has 0 radical (unpaired) electrons. The molecular formula is C17H23N3O2S. The van der Waals surface area contributed by atoms with E-state index in [2.05, 4.69) is 32.0 Å². The van der Waals surface area contributed by atoms with E-state index in [0.29, 0.717) is 18.4 Å². The second-order valence-electron chi connectivity index (χ2n) is 5.46. The summed E-state index contributed by atoms with van der Waals surface area (Å²) >= 11 is 1.70. The summed E-state index contributed by atoms with van der Waals surface area (Å²) in [6.07, 6.45) is 3.95. The van der Waals surface area contributed by atoms with Gasteiger partial charge >= 0.3 is 0 Å². The van der Waals surface area contributed by atoms with E-state index in [1.807, 2.05) is 13.0 Å². The lowest BCUT2D eigenvalue weighted by Crippen LogP contribution is -2.41. The lowest BCUT2D eigenvalue weighted by Gasteiger charge is -2.35. The van der Waals surface area contributed by atoms with Gasteiger partial charge in [-0.2, -0.15) is 11.3 Å². The highest BCUT2D eigenvalue weighted by Crippen LogP contribution is 2.38. The van der Waals surface area contributed by atoms with Crippen LogP contribution >= 0.6 is 11.3 Å². The van der Waals surface area contributed by atoms with Crippen LogP contribution < -0.4 is 19.7 Å². The molecule has 124 valence electrons. The second-order valence-corrected chi connectivity index (χ2v) is 6.24. The van der Waals surface area contributed by atoms with E-state index in [0.717, 1.165) is 37.5 Å². The minimum absolute atomic E-state index is 0.422. The van der Waals surface area contributed by atoms with Gasteiger partial charge in [0.25, 0.3) is 0 Å². The van der Waals surface area contributed by atoms with Crippen LogP contribution in [-0.4, -0.2) is 37.8 Å². The Bertz CT molecular complexity index is 612. The van der Waals surface area contributed by atoms with Gasteiger partial charge in [0.05, 0.1) is 25.6 Å². The first-order chi connectivity index (χ1) is 11.3. The monoisotopic (exact) mass is 333 g/mol. The molecule has 2 aromatic rings. The maximum Gasteiger partial charge on any atom is 0.176 e. The molecule has 0 atom stereocenters. The van der Waals surface area contributed by atoms with Gasteiger partial charge in [-0.1, -0.05) is 0 Å². The van der Waals surface area contributed by atoms with Crippen molar-refractivity contribution in [3.8, 4) is 11.5 Å². The minimum Gasteiger partial charge on any atom is -0.495 e. The molecule has 5 nitrogen and oxygen atoms in total. The van der Waals surface area contributed by atoms with E-state index < -0.39 is 0 Å². The molecule has 23 heavy (non-hydrogen) atoms. The quantitative estimate of drug-likeness (QED) is 0.877. The molecule has 1 saturated heterocycles. The zero-order valence-corrected chi connectivity index (χ0v) is 14.4. The maximum atomic E-state index is 5.85. The van der Waals surface area contributed by atoms with Crippen molar-refractivity contribution in [3.63, 3.8) is 0 Å². The number of nitrogens with one attached hydrogen (secondary N) is 1. The molecule has 2 aromatic heterocycles. The van der Waals surface area contributed by atoms with Crippen LogP contribution in [0.1, 0.15) is 19.8 Å². The number of anilines is 2. The zero-order valence-electron chi connectivity index (χ0n) is 13.6. The second kappa shape index (κ2) is 7.66. The van der Waals surface area contributed by atoms with E-state index in [1.165, 1.54) is 5.69 Å². The molecule has 0 saturated carbocycles. The van der Waals surface area contributed by atoms with Crippen molar-refractivity contribution in [1.29, 1.82) is 0 Å². The van der Waals surface area contributed by atoms with E-state index in [9.17, 15) is 0 Å². The van der Waals surface area contributed by atoms with Crippen LogP contribution in [0.5, 0.6) is 11.5 Å². The zero-order chi connectivity index (χ0) is 16.1. The van der Waals surface area contributed by atoms with Gasteiger partial charge in [-0.05, 0) is 44.3 Å². The molecule has 0 bridgehead atoms. The van der Waals surface area contributed by atoms with Gasteiger partial charge < -0.3 is 19.7 Å². The SMILES string of the molecule is CCOc1cc(OC)cnc1N(c1ccsc1)C1CCNCC1. The van der Waals surface area contributed by atoms with Crippen LogP contribution in [-0.2, 0) is 0 Å². The van der Waals surface area contributed by atoms with Crippen molar-refractivity contribution < 1.29 is 9.47 Å². The van der Waals surface area contributed by atoms with Crippen LogP contribution in [0.3, 0.4) is 0 Å². The number of pyridine rings is 1. The number of ether oxygens (including phenoxy) is 2. The molecule has 0 aromatic carbocycles. The number of hydrogen-bond acceptors (Lipinski definition) is 6. The Morgan fingerprint density at radius 1 is 1.39 bits per heavy atom. The first-order valence-corrected chi connectivity index (χ1v) is 8.96. The highest BCUT2D eigenvalue weighted by molar-refractivity contribution is 7.08. The molecule has 0 aliphatic carbocycles. The fourth-order valence-corrected chi connectivity index (χ4v) is 3.57.